The van der Waals surface area contributed by atoms with E-state index in [0.29, 0.717) is 0 Å². The molecule has 1 fully saturated rings. The summed E-state index contributed by atoms with van der Waals surface area (Å²) in [6.07, 6.45) is 2.96. The van der Waals surface area contributed by atoms with E-state index in [1.165, 1.54) is 0 Å². The Labute approximate surface area is 89.0 Å². The van der Waals surface area contributed by atoms with Gasteiger partial charge < -0.3 is 0 Å². The van der Waals surface area contributed by atoms with E-state index in [2.05, 4.69) is 26.1 Å². The molecule has 0 bridgehead atoms. The summed E-state index contributed by atoms with van der Waals surface area (Å²) < 4.78 is 0. The first-order valence-corrected chi connectivity index (χ1v) is 5.93. The van der Waals surface area contributed by atoms with Crippen molar-refractivity contribution in [3.63, 3.8) is 0 Å². The summed E-state index contributed by atoms with van der Waals surface area (Å²) in [6.45, 7) is 6.27. The van der Waals surface area contributed by atoms with E-state index >= 15 is 0 Å². The van der Waals surface area contributed by atoms with Crippen LogP contribution in [0.25, 0.3) is 0 Å². The van der Waals surface area contributed by atoms with Gasteiger partial charge in [-0.1, -0.05) is 39.0 Å². The number of carbonyl (C=O) groups excluding carboxylic acids is 2. The zero-order chi connectivity index (χ0) is 10.8. The lowest BCUT2D eigenvalue weighted by molar-refractivity contribution is -0.121. The number of hydrogen-bond acceptors (Lipinski definition) is 3. The summed E-state index contributed by atoms with van der Waals surface area (Å²) in [5, 5.41) is 1.96. The predicted octanol–water partition coefficient (Wildman–Crippen LogP) is 2.55. The van der Waals surface area contributed by atoms with Crippen molar-refractivity contribution in [2.75, 3.05) is 0 Å². The van der Waals surface area contributed by atoms with Gasteiger partial charge in [0.05, 0.1) is 5.25 Å². The van der Waals surface area contributed by atoms with Crippen LogP contribution in [0, 0.1) is 5.41 Å². The van der Waals surface area contributed by atoms with E-state index < -0.39 is 0 Å². The zero-order valence-electron chi connectivity index (χ0n) is 8.92. The molecular formula is C10H17NO2S. The molecule has 1 heterocycles. The molecule has 0 spiro atoms. The highest BCUT2D eigenvalue weighted by Crippen LogP contribution is 2.41. The fourth-order valence-electron chi connectivity index (χ4n) is 1.88. The van der Waals surface area contributed by atoms with Crippen LogP contribution in [-0.2, 0) is 4.79 Å². The molecule has 3 nitrogen and oxygen atoms in total. The monoisotopic (exact) mass is 215 g/mol. The van der Waals surface area contributed by atoms with Crippen molar-refractivity contribution in [1.82, 2.24) is 5.32 Å². The van der Waals surface area contributed by atoms with E-state index in [1.54, 1.807) is 0 Å². The average molecular weight is 215 g/mol. The minimum atomic E-state index is -0.198. The fourth-order valence-corrected chi connectivity index (χ4v) is 2.99. The van der Waals surface area contributed by atoms with E-state index in [0.717, 1.165) is 31.0 Å². The Bertz CT molecular complexity index is 255. The predicted molar refractivity (Wildman–Crippen MR) is 58.2 cm³/mol. The van der Waals surface area contributed by atoms with Gasteiger partial charge in [0, 0.05) is 0 Å². The summed E-state index contributed by atoms with van der Waals surface area (Å²) in [5.74, 6) is -0.113. The number of nitrogens with one attached hydrogen (secondary N) is 1. The molecule has 1 saturated heterocycles. The van der Waals surface area contributed by atoms with Crippen LogP contribution >= 0.6 is 11.8 Å². The maximum atomic E-state index is 11.5. The number of imide groups is 1. The molecule has 1 aliphatic rings. The summed E-state index contributed by atoms with van der Waals surface area (Å²) in [6, 6.07) is 0. The third kappa shape index (κ3) is 2.11. The second kappa shape index (κ2) is 4.34. The van der Waals surface area contributed by atoms with Crippen molar-refractivity contribution in [2.45, 2.75) is 45.3 Å². The van der Waals surface area contributed by atoms with Gasteiger partial charge >= 0.3 is 0 Å². The van der Waals surface area contributed by atoms with Gasteiger partial charge in [-0.25, -0.2) is 0 Å². The molecule has 80 valence electrons. The number of carbonyl (C=O) groups is 2. The maximum absolute atomic E-state index is 11.5. The molecule has 1 aliphatic heterocycles. The first kappa shape index (κ1) is 11.6. The van der Waals surface area contributed by atoms with Gasteiger partial charge in [-0.3, -0.25) is 14.9 Å². The third-order valence-electron chi connectivity index (χ3n) is 2.95. The molecule has 0 aromatic rings. The molecule has 2 unspecified atom stereocenters. The molecule has 0 aromatic heterocycles. The Morgan fingerprint density at radius 3 is 2.43 bits per heavy atom. The molecule has 1 rings (SSSR count). The SMILES string of the molecule is CCCC(C)(CC)C1SC(=O)NC1=O. The molecule has 2 atom stereocenters. The number of hydrogen-bond donors (Lipinski definition) is 1. The second-order valence-corrected chi connectivity index (χ2v) is 5.11. The minimum absolute atomic E-state index is 0.0460. The zero-order valence-corrected chi connectivity index (χ0v) is 9.74. The van der Waals surface area contributed by atoms with Gasteiger partial charge in [0.15, 0.2) is 0 Å². The Morgan fingerprint density at radius 2 is 2.07 bits per heavy atom. The van der Waals surface area contributed by atoms with Crippen molar-refractivity contribution < 1.29 is 9.59 Å². The van der Waals surface area contributed by atoms with Gasteiger partial charge in [0.2, 0.25) is 5.91 Å². The number of amides is 2. The highest BCUT2D eigenvalue weighted by atomic mass is 32.2. The Morgan fingerprint density at radius 1 is 1.43 bits per heavy atom. The van der Waals surface area contributed by atoms with Gasteiger partial charge in [0.1, 0.15) is 0 Å². The lowest BCUT2D eigenvalue weighted by atomic mass is 9.79. The standard InChI is InChI=1S/C10H17NO2S/c1-4-6-10(3,5-2)7-8(12)11-9(13)14-7/h7H,4-6H2,1-3H3,(H,11,12,13). The largest absolute Gasteiger partial charge is 0.286 e. The first-order valence-electron chi connectivity index (χ1n) is 5.05. The van der Waals surface area contributed by atoms with E-state index in [9.17, 15) is 9.59 Å². The lowest BCUT2D eigenvalue weighted by Crippen LogP contribution is -2.36. The molecule has 0 radical (unpaired) electrons. The van der Waals surface area contributed by atoms with Gasteiger partial charge in [-0.05, 0) is 18.3 Å². The molecule has 2 amide bonds. The maximum Gasteiger partial charge on any atom is 0.286 e. The van der Waals surface area contributed by atoms with Gasteiger partial charge in [0.25, 0.3) is 5.24 Å². The Balaban J connectivity index is 2.78. The summed E-state index contributed by atoms with van der Waals surface area (Å²) >= 11 is 1.15. The highest BCUT2D eigenvalue weighted by Gasteiger charge is 2.43. The van der Waals surface area contributed by atoms with Crippen LogP contribution in [0.5, 0.6) is 0 Å². The summed E-state index contributed by atoms with van der Waals surface area (Å²) in [5.41, 5.74) is -0.0460. The van der Waals surface area contributed by atoms with Crippen LogP contribution in [-0.4, -0.2) is 16.4 Å². The van der Waals surface area contributed by atoms with Crippen molar-refractivity contribution >= 4 is 22.9 Å². The third-order valence-corrected chi connectivity index (χ3v) is 4.29. The molecule has 0 aromatic carbocycles. The van der Waals surface area contributed by atoms with E-state index in [4.69, 9.17) is 0 Å². The second-order valence-electron chi connectivity index (χ2n) is 4.03. The van der Waals surface area contributed by atoms with Crippen molar-refractivity contribution in [3.8, 4) is 0 Å². The Kier molecular flexibility index (Phi) is 3.59. The van der Waals surface area contributed by atoms with Crippen LogP contribution in [0.3, 0.4) is 0 Å². The molecule has 1 N–H and O–H groups in total. The van der Waals surface area contributed by atoms with Crippen LogP contribution < -0.4 is 5.32 Å². The van der Waals surface area contributed by atoms with Crippen molar-refractivity contribution in [1.29, 1.82) is 0 Å². The molecule has 0 aliphatic carbocycles. The smallest absolute Gasteiger partial charge is 0.286 e. The first-order chi connectivity index (χ1) is 6.53. The summed E-state index contributed by atoms with van der Waals surface area (Å²) in [4.78, 5) is 22.6. The molecule has 14 heavy (non-hydrogen) atoms. The van der Waals surface area contributed by atoms with Crippen LogP contribution in [0.1, 0.15) is 40.0 Å². The van der Waals surface area contributed by atoms with Gasteiger partial charge in [-0.2, -0.15) is 0 Å². The number of rotatable bonds is 4. The van der Waals surface area contributed by atoms with Gasteiger partial charge in [-0.15, -0.1) is 0 Å². The minimum Gasteiger partial charge on any atom is -0.286 e. The molecule has 4 heteroatoms. The molecular weight excluding hydrogens is 198 g/mol. The van der Waals surface area contributed by atoms with Crippen LogP contribution in [0.4, 0.5) is 4.79 Å². The fraction of sp³-hybridized carbons (Fsp3) is 0.800. The van der Waals surface area contributed by atoms with Crippen molar-refractivity contribution in [3.05, 3.63) is 0 Å². The Hall–Kier alpha value is -0.510. The quantitative estimate of drug-likeness (QED) is 0.784. The van der Waals surface area contributed by atoms with Crippen molar-refractivity contribution in [2.24, 2.45) is 5.41 Å². The highest BCUT2D eigenvalue weighted by molar-refractivity contribution is 8.15. The summed E-state index contributed by atoms with van der Waals surface area (Å²) in [7, 11) is 0. The average Bonchev–Trinajstić information content (AvgIpc) is 2.46. The normalized spacial score (nSPS) is 26.1. The van der Waals surface area contributed by atoms with Crippen LogP contribution in [0.15, 0.2) is 0 Å². The lowest BCUT2D eigenvalue weighted by Gasteiger charge is -2.31. The van der Waals surface area contributed by atoms with E-state index in [-0.39, 0.29) is 21.8 Å². The molecule has 0 saturated carbocycles. The topological polar surface area (TPSA) is 46.2 Å². The van der Waals surface area contributed by atoms with E-state index in [1.807, 2.05) is 0 Å². The van der Waals surface area contributed by atoms with Crippen LogP contribution in [0.2, 0.25) is 0 Å². The number of thioether (sulfide) groups is 1.